The van der Waals surface area contributed by atoms with Crippen molar-refractivity contribution < 1.29 is 18.7 Å². The van der Waals surface area contributed by atoms with Gasteiger partial charge in [-0.3, -0.25) is 4.79 Å². The molecule has 174 valence electrons. The zero-order valence-electron chi connectivity index (χ0n) is 18.4. The number of fused-ring (bicyclic) bond motifs is 2. The number of rotatable bonds is 6. The number of para-hydroxylation sites is 1. The highest BCUT2D eigenvalue weighted by atomic mass is 35.5. The van der Waals surface area contributed by atoms with Crippen LogP contribution >= 0.6 is 11.6 Å². The number of aromatic nitrogens is 1. The molecular weight excluding hydrogens is 469 g/mol. The highest BCUT2D eigenvalue weighted by Gasteiger charge is 2.16. The predicted molar refractivity (Wildman–Crippen MR) is 130 cm³/mol. The Balaban J connectivity index is 1.40. The summed E-state index contributed by atoms with van der Waals surface area (Å²) in [6.45, 7) is 0.600. The SMILES string of the molecule is N#C/C(=C\c1cn(Cc2c(F)cccc2Cl)c2ccccc12)C(=O)NCc1ccc2c(c1)OCO2. The molecule has 0 aliphatic carbocycles. The molecule has 1 aromatic heterocycles. The van der Waals surface area contributed by atoms with Gasteiger partial charge in [0.15, 0.2) is 11.5 Å². The maximum Gasteiger partial charge on any atom is 0.262 e. The Morgan fingerprint density at radius 3 is 2.80 bits per heavy atom. The van der Waals surface area contributed by atoms with E-state index < -0.39 is 11.7 Å². The number of benzene rings is 3. The van der Waals surface area contributed by atoms with Gasteiger partial charge in [0.2, 0.25) is 6.79 Å². The normalized spacial score (nSPS) is 12.5. The average molecular weight is 488 g/mol. The van der Waals surface area contributed by atoms with Crippen molar-refractivity contribution in [2.24, 2.45) is 0 Å². The molecule has 0 saturated carbocycles. The summed E-state index contributed by atoms with van der Waals surface area (Å²) < 4.78 is 26.9. The van der Waals surface area contributed by atoms with Crippen LogP contribution in [-0.2, 0) is 17.9 Å². The van der Waals surface area contributed by atoms with Crippen LogP contribution in [0.25, 0.3) is 17.0 Å². The van der Waals surface area contributed by atoms with E-state index in [9.17, 15) is 14.4 Å². The van der Waals surface area contributed by atoms with Gasteiger partial charge in [0.1, 0.15) is 17.5 Å². The number of hydrogen-bond donors (Lipinski definition) is 1. The Morgan fingerprint density at radius 2 is 1.97 bits per heavy atom. The standard InChI is InChI=1S/C27H19ClFN3O3/c28-22-5-3-6-23(29)21(22)15-32-14-19(20-4-1-2-7-24(20)32)11-18(12-30)27(33)31-13-17-8-9-25-26(10-17)35-16-34-25/h1-11,14H,13,15-16H2,(H,31,33)/b18-11+. The average Bonchev–Trinajstić information content (AvgIpc) is 3.47. The molecule has 0 atom stereocenters. The van der Waals surface area contributed by atoms with Gasteiger partial charge < -0.3 is 19.4 Å². The van der Waals surface area contributed by atoms with E-state index in [1.165, 1.54) is 12.1 Å². The third-order valence-corrected chi connectivity index (χ3v) is 6.12. The number of nitrogens with one attached hydrogen (secondary N) is 1. The molecule has 1 N–H and O–H groups in total. The molecule has 0 spiro atoms. The summed E-state index contributed by atoms with van der Waals surface area (Å²) in [5.74, 6) is 0.383. The fourth-order valence-corrected chi connectivity index (χ4v) is 4.23. The van der Waals surface area contributed by atoms with Gasteiger partial charge in [-0.05, 0) is 42.0 Å². The van der Waals surface area contributed by atoms with Crippen molar-refractivity contribution >= 4 is 34.5 Å². The van der Waals surface area contributed by atoms with Crippen LogP contribution in [0.1, 0.15) is 16.7 Å². The van der Waals surface area contributed by atoms with E-state index in [-0.39, 0.29) is 25.5 Å². The molecule has 0 unspecified atom stereocenters. The molecule has 1 aliphatic rings. The van der Waals surface area contributed by atoms with Gasteiger partial charge in [-0.15, -0.1) is 0 Å². The second-order valence-corrected chi connectivity index (χ2v) is 8.38. The van der Waals surface area contributed by atoms with E-state index in [2.05, 4.69) is 5.32 Å². The molecule has 8 heteroatoms. The van der Waals surface area contributed by atoms with Crippen molar-refractivity contribution in [3.8, 4) is 17.6 Å². The van der Waals surface area contributed by atoms with Crippen molar-refractivity contribution in [2.75, 3.05) is 6.79 Å². The largest absolute Gasteiger partial charge is 0.454 e. The van der Waals surface area contributed by atoms with E-state index in [1.54, 1.807) is 30.5 Å². The Morgan fingerprint density at radius 1 is 1.14 bits per heavy atom. The van der Waals surface area contributed by atoms with Crippen LogP contribution in [0.5, 0.6) is 11.5 Å². The molecule has 4 aromatic rings. The number of nitriles is 1. The minimum atomic E-state index is -0.501. The zero-order chi connectivity index (χ0) is 24.4. The summed E-state index contributed by atoms with van der Waals surface area (Å²) in [5, 5.41) is 13.6. The molecule has 0 saturated heterocycles. The Labute approximate surface area is 205 Å². The highest BCUT2D eigenvalue weighted by molar-refractivity contribution is 6.31. The van der Waals surface area contributed by atoms with Crippen molar-refractivity contribution in [1.29, 1.82) is 5.26 Å². The molecular formula is C27H19ClFN3O3. The minimum Gasteiger partial charge on any atom is -0.454 e. The number of carbonyl (C=O) groups is 1. The van der Waals surface area contributed by atoms with Crippen LogP contribution in [0.4, 0.5) is 4.39 Å². The first kappa shape index (κ1) is 22.5. The first-order valence-electron chi connectivity index (χ1n) is 10.8. The lowest BCUT2D eigenvalue weighted by Gasteiger charge is -2.08. The smallest absolute Gasteiger partial charge is 0.262 e. The third kappa shape index (κ3) is 4.57. The second kappa shape index (κ2) is 9.53. The Bertz CT molecular complexity index is 1500. The molecule has 2 heterocycles. The number of halogens is 2. The fourth-order valence-electron chi connectivity index (χ4n) is 4.01. The van der Waals surface area contributed by atoms with Crippen molar-refractivity contribution in [3.05, 3.63) is 100.0 Å². The quantitative estimate of drug-likeness (QED) is 0.290. The minimum absolute atomic E-state index is 0.0439. The Kier molecular flexibility index (Phi) is 6.13. The Hall–Kier alpha value is -4.28. The van der Waals surface area contributed by atoms with Gasteiger partial charge >= 0.3 is 0 Å². The predicted octanol–water partition coefficient (Wildman–Crippen LogP) is 5.43. The van der Waals surface area contributed by atoms with Gasteiger partial charge in [-0.1, -0.05) is 41.9 Å². The summed E-state index contributed by atoms with van der Waals surface area (Å²) in [7, 11) is 0. The third-order valence-electron chi connectivity index (χ3n) is 5.76. The first-order valence-corrected chi connectivity index (χ1v) is 11.2. The van der Waals surface area contributed by atoms with Gasteiger partial charge in [0, 0.05) is 39.8 Å². The molecule has 1 amide bonds. The van der Waals surface area contributed by atoms with Gasteiger partial charge in [-0.25, -0.2) is 4.39 Å². The van der Waals surface area contributed by atoms with Crippen LogP contribution in [0.3, 0.4) is 0 Å². The molecule has 1 aliphatic heterocycles. The van der Waals surface area contributed by atoms with Gasteiger partial charge in [-0.2, -0.15) is 5.26 Å². The van der Waals surface area contributed by atoms with Crippen LogP contribution in [0, 0.1) is 17.1 Å². The summed E-state index contributed by atoms with van der Waals surface area (Å²) in [5.41, 5.74) is 2.64. The summed E-state index contributed by atoms with van der Waals surface area (Å²) in [4.78, 5) is 12.8. The molecule has 35 heavy (non-hydrogen) atoms. The molecule has 3 aromatic carbocycles. The maximum absolute atomic E-state index is 14.4. The summed E-state index contributed by atoms with van der Waals surface area (Å²) in [6.07, 6.45) is 3.33. The zero-order valence-corrected chi connectivity index (χ0v) is 19.2. The molecule has 0 fully saturated rings. The van der Waals surface area contributed by atoms with E-state index >= 15 is 0 Å². The van der Waals surface area contributed by atoms with Gasteiger partial charge in [0.25, 0.3) is 5.91 Å². The highest BCUT2D eigenvalue weighted by Crippen LogP contribution is 2.32. The van der Waals surface area contributed by atoms with Crippen LogP contribution < -0.4 is 14.8 Å². The van der Waals surface area contributed by atoms with E-state index in [0.29, 0.717) is 27.6 Å². The van der Waals surface area contributed by atoms with E-state index in [0.717, 1.165) is 16.5 Å². The lowest BCUT2D eigenvalue weighted by atomic mass is 10.1. The van der Waals surface area contributed by atoms with Gasteiger partial charge in [0.05, 0.1) is 6.54 Å². The topological polar surface area (TPSA) is 76.3 Å². The molecule has 0 bridgehead atoms. The second-order valence-electron chi connectivity index (χ2n) is 7.97. The van der Waals surface area contributed by atoms with E-state index in [1.807, 2.05) is 41.0 Å². The summed E-state index contributed by atoms with van der Waals surface area (Å²) in [6, 6.07) is 19.5. The lowest BCUT2D eigenvalue weighted by molar-refractivity contribution is -0.117. The molecule has 6 nitrogen and oxygen atoms in total. The fraction of sp³-hybridized carbons (Fsp3) is 0.111. The number of carbonyl (C=O) groups excluding carboxylic acids is 1. The number of amides is 1. The van der Waals surface area contributed by atoms with Crippen LogP contribution in [0.15, 0.2) is 72.4 Å². The number of hydrogen-bond acceptors (Lipinski definition) is 4. The maximum atomic E-state index is 14.4. The molecule has 0 radical (unpaired) electrons. The summed E-state index contributed by atoms with van der Waals surface area (Å²) >= 11 is 6.23. The van der Waals surface area contributed by atoms with Crippen molar-refractivity contribution in [3.63, 3.8) is 0 Å². The number of nitrogens with zero attached hydrogens (tertiary/aromatic N) is 2. The number of ether oxygens (including phenoxy) is 2. The molecule has 5 rings (SSSR count). The van der Waals surface area contributed by atoms with Crippen molar-refractivity contribution in [2.45, 2.75) is 13.1 Å². The first-order chi connectivity index (χ1) is 17.0. The van der Waals surface area contributed by atoms with E-state index in [4.69, 9.17) is 21.1 Å². The van der Waals surface area contributed by atoms with Crippen molar-refractivity contribution in [1.82, 2.24) is 9.88 Å². The van der Waals surface area contributed by atoms with Crippen LogP contribution in [0.2, 0.25) is 5.02 Å². The lowest BCUT2D eigenvalue weighted by Crippen LogP contribution is -2.23. The van der Waals surface area contributed by atoms with Crippen LogP contribution in [-0.4, -0.2) is 17.3 Å². The monoisotopic (exact) mass is 487 g/mol.